The first-order valence-corrected chi connectivity index (χ1v) is 10.3. The van der Waals surface area contributed by atoms with E-state index in [-0.39, 0.29) is 34.3 Å². The summed E-state index contributed by atoms with van der Waals surface area (Å²) < 4.78 is 70.7. The number of aromatic nitrogens is 1. The number of halogens is 3. The van der Waals surface area contributed by atoms with E-state index in [1.165, 1.54) is 0 Å². The molecule has 0 bridgehead atoms. The lowest BCUT2D eigenvalue weighted by Gasteiger charge is -2.13. The molecule has 31 heavy (non-hydrogen) atoms. The molecule has 1 amide bonds. The van der Waals surface area contributed by atoms with Gasteiger partial charge >= 0.3 is 6.36 Å². The number of carbonyl (C=O) groups is 1. The van der Waals surface area contributed by atoms with E-state index in [0.717, 1.165) is 36.5 Å². The number of nitrogens with two attached hydrogens (primary N) is 1. The lowest BCUT2D eigenvalue weighted by atomic mass is 10.2. The van der Waals surface area contributed by atoms with Crippen LogP contribution < -0.4 is 15.8 Å². The van der Waals surface area contributed by atoms with Gasteiger partial charge in [-0.25, -0.2) is 13.4 Å². The number of aliphatic hydroxyl groups excluding tert-OH is 1. The molecule has 0 aliphatic rings. The average Bonchev–Trinajstić information content (AvgIpc) is 2.69. The van der Waals surface area contributed by atoms with Gasteiger partial charge in [0.25, 0.3) is 5.91 Å². The van der Waals surface area contributed by atoms with Crippen LogP contribution in [0.25, 0.3) is 0 Å². The highest BCUT2D eigenvalue weighted by Crippen LogP contribution is 2.27. The third-order valence-corrected chi connectivity index (χ3v) is 5.53. The summed E-state index contributed by atoms with van der Waals surface area (Å²) in [6.07, 6.45) is -4.96. The second-order valence-electron chi connectivity index (χ2n) is 6.15. The lowest BCUT2D eigenvalue weighted by molar-refractivity contribution is -0.274. The van der Waals surface area contributed by atoms with Crippen LogP contribution in [-0.2, 0) is 14.6 Å². The molecule has 0 radical (unpaired) electrons. The van der Waals surface area contributed by atoms with Gasteiger partial charge in [0.05, 0.1) is 28.2 Å². The van der Waals surface area contributed by atoms with Gasteiger partial charge in [-0.1, -0.05) is 0 Å². The van der Waals surface area contributed by atoms with Gasteiger partial charge in [0.2, 0.25) is 9.84 Å². The van der Waals surface area contributed by atoms with Gasteiger partial charge in [-0.15, -0.1) is 13.2 Å². The molecule has 1 atom stereocenters. The molecule has 2 rings (SSSR count). The predicted molar refractivity (Wildman–Crippen MR) is 102 cm³/mol. The van der Waals surface area contributed by atoms with Gasteiger partial charge in [-0.3, -0.25) is 4.79 Å². The van der Waals surface area contributed by atoms with Crippen molar-refractivity contribution < 1.29 is 41.0 Å². The fraction of sp³-hybridized carbons (Fsp3) is 0.333. The Balaban J connectivity index is 2.15. The minimum absolute atomic E-state index is 0.0175. The average molecular weight is 463 g/mol. The highest BCUT2D eigenvalue weighted by molar-refractivity contribution is 7.91. The van der Waals surface area contributed by atoms with E-state index in [2.05, 4.69) is 15.0 Å². The highest BCUT2D eigenvalue weighted by atomic mass is 32.2. The van der Waals surface area contributed by atoms with E-state index in [9.17, 15) is 31.5 Å². The number of benzene rings is 1. The summed E-state index contributed by atoms with van der Waals surface area (Å²) in [5.74, 6) is -1.31. The topological polar surface area (TPSA) is 141 Å². The molecular weight excluding hydrogens is 443 g/mol. The van der Waals surface area contributed by atoms with Crippen molar-refractivity contribution >= 4 is 21.4 Å². The number of alkyl halides is 3. The summed E-state index contributed by atoms with van der Waals surface area (Å²) in [6, 6.07) is 4.59. The van der Waals surface area contributed by atoms with Crippen molar-refractivity contribution in [1.29, 1.82) is 0 Å². The molecule has 0 fully saturated rings. The summed E-state index contributed by atoms with van der Waals surface area (Å²) in [6.45, 7) is 2.03. The smallest absolute Gasteiger partial charge is 0.406 e. The van der Waals surface area contributed by atoms with E-state index >= 15 is 0 Å². The largest absolute Gasteiger partial charge is 0.573 e. The molecule has 4 N–H and O–H groups in total. The van der Waals surface area contributed by atoms with Gasteiger partial charge in [0.1, 0.15) is 5.75 Å². The van der Waals surface area contributed by atoms with Crippen molar-refractivity contribution in [3.8, 4) is 5.75 Å². The number of carbonyl (C=O) groups excluding carboxylic acids is 1. The fourth-order valence-corrected chi connectivity index (χ4v) is 3.60. The normalized spacial score (nSPS) is 12.9. The maximum absolute atomic E-state index is 12.7. The number of pyridine rings is 1. The number of nitrogen functional groups attached to an aromatic ring is 1. The first-order chi connectivity index (χ1) is 14.4. The van der Waals surface area contributed by atoms with Crippen LogP contribution in [0.5, 0.6) is 5.75 Å². The predicted octanol–water partition coefficient (Wildman–Crippen LogP) is 1.52. The number of hydrogen-bond donors (Lipinski definition) is 3. The Morgan fingerprint density at radius 3 is 2.45 bits per heavy atom. The number of hydrogen-bond acceptors (Lipinski definition) is 8. The van der Waals surface area contributed by atoms with Crippen LogP contribution in [0.1, 0.15) is 17.4 Å². The Labute approximate surface area is 175 Å². The van der Waals surface area contributed by atoms with Gasteiger partial charge in [-0.2, -0.15) is 0 Å². The van der Waals surface area contributed by atoms with E-state index in [1.54, 1.807) is 6.92 Å². The summed E-state index contributed by atoms with van der Waals surface area (Å²) >= 11 is 0. The maximum Gasteiger partial charge on any atom is 0.573 e. The van der Waals surface area contributed by atoms with Crippen molar-refractivity contribution in [2.45, 2.75) is 29.2 Å². The molecule has 1 aromatic carbocycles. The van der Waals surface area contributed by atoms with E-state index in [1.807, 2.05) is 0 Å². The van der Waals surface area contributed by atoms with Crippen LogP contribution in [-0.4, -0.2) is 56.6 Å². The number of aliphatic hydroxyl groups is 1. The van der Waals surface area contributed by atoms with Crippen LogP contribution in [0.3, 0.4) is 0 Å². The molecule has 0 aliphatic heterocycles. The summed E-state index contributed by atoms with van der Waals surface area (Å²) in [5.41, 5.74) is 5.26. The third-order valence-electron chi connectivity index (χ3n) is 3.80. The first-order valence-electron chi connectivity index (χ1n) is 8.84. The van der Waals surface area contributed by atoms with Crippen molar-refractivity contribution in [3.05, 3.63) is 42.2 Å². The Bertz CT molecular complexity index is 1010. The Morgan fingerprint density at radius 1 is 1.26 bits per heavy atom. The van der Waals surface area contributed by atoms with Gasteiger partial charge in [0.15, 0.2) is 5.69 Å². The molecule has 0 saturated carbocycles. The van der Waals surface area contributed by atoms with Gasteiger partial charge in [-0.05, 0) is 37.3 Å². The van der Waals surface area contributed by atoms with E-state index < -0.39 is 34.0 Å². The molecular formula is C18H20F3N3O6S. The van der Waals surface area contributed by atoms with Crippen LogP contribution in [0.15, 0.2) is 46.3 Å². The number of ether oxygens (including phenoxy) is 2. The van der Waals surface area contributed by atoms with Crippen LogP contribution >= 0.6 is 0 Å². The van der Waals surface area contributed by atoms with Crippen LogP contribution in [0.4, 0.5) is 18.9 Å². The number of rotatable bonds is 9. The molecule has 13 heteroatoms. The molecule has 2 aromatic rings. The zero-order chi connectivity index (χ0) is 23.2. The van der Waals surface area contributed by atoms with Crippen molar-refractivity contribution in [1.82, 2.24) is 10.3 Å². The van der Waals surface area contributed by atoms with Crippen molar-refractivity contribution in [2.75, 3.05) is 25.5 Å². The van der Waals surface area contributed by atoms with Crippen molar-refractivity contribution in [2.24, 2.45) is 0 Å². The summed E-state index contributed by atoms with van der Waals surface area (Å²) in [5, 5.41) is 12.1. The monoisotopic (exact) mass is 463 g/mol. The molecule has 0 aliphatic carbocycles. The molecule has 1 heterocycles. The van der Waals surface area contributed by atoms with Crippen LogP contribution in [0, 0.1) is 0 Å². The number of sulfone groups is 1. The molecule has 9 nitrogen and oxygen atoms in total. The highest BCUT2D eigenvalue weighted by Gasteiger charge is 2.31. The minimum Gasteiger partial charge on any atom is -0.406 e. The fourth-order valence-electron chi connectivity index (χ4n) is 2.36. The Hall–Kier alpha value is -2.90. The number of amides is 1. The standard InChI is InChI=1S/C18H20F3N3O6S/c1-2-29-10-11(25)8-24-17(26)16-15(22)7-14(9-23-16)31(27,28)13-5-3-12(4-6-13)30-18(19,20)21/h3-7,9,11,25H,2,8,10,22H2,1H3,(H,24,26). The van der Waals surface area contributed by atoms with E-state index in [4.69, 9.17) is 10.5 Å². The zero-order valence-electron chi connectivity index (χ0n) is 16.2. The second-order valence-corrected chi connectivity index (χ2v) is 8.10. The first kappa shape index (κ1) is 24.4. The molecule has 1 unspecified atom stereocenters. The van der Waals surface area contributed by atoms with E-state index in [0.29, 0.717) is 6.61 Å². The molecule has 0 saturated heterocycles. The van der Waals surface area contributed by atoms with Gasteiger partial charge in [0, 0.05) is 19.3 Å². The van der Waals surface area contributed by atoms with Crippen molar-refractivity contribution in [3.63, 3.8) is 0 Å². The SMILES string of the molecule is CCOCC(O)CNC(=O)c1ncc(S(=O)(=O)c2ccc(OC(F)(F)F)cc2)cc1N. The second kappa shape index (κ2) is 9.94. The number of anilines is 1. The quantitative estimate of drug-likeness (QED) is 0.508. The van der Waals surface area contributed by atoms with Gasteiger partial charge < -0.3 is 25.6 Å². The molecule has 170 valence electrons. The minimum atomic E-state index is -4.91. The third kappa shape index (κ3) is 6.80. The summed E-state index contributed by atoms with van der Waals surface area (Å²) in [4.78, 5) is 15.3. The number of nitrogens with one attached hydrogen (secondary N) is 1. The maximum atomic E-state index is 12.7. The Kier molecular flexibility index (Phi) is 7.81. The number of nitrogens with zero attached hydrogens (tertiary/aromatic N) is 1. The zero-order valence-corrected chi connectivity index (χ0v) is 17.0. The molecule has 1 aromatic heterocycles. The molecule has 0 spiro atoms. The summed E-state index contributed by atoms with van der Waals surface area (Å²) in [7, 11) is -4.17. The van der Waals surface area contributed by atoms with Crippen LogP contribution in [0.2, 0.25) is 0 Å². The Morgan fingerprint density at radius 2 is 1.90 bits per heavy atom. The lowest BCUT2D eigenvalue weighted by Crippen LogP contribution is -2.35.